The molecule has 0 spiro atoms. The Hall–Kier alpha value is -1.34. The van der Waals surface area contributed by atoms with Gasteiger partial charge in [-0.25, -0.2) is 0 Å². The summed E-state index contributed by atoms with van der Waals surface area (Å²) in [5.74, 6) is 1.54. The maximum atomic E-state index is 11.3. The van der Waals surface area contributed by atoms with Crippen LogP contribution in [0.4, 0.5) is 5.69 Å². The topological polar surface area (TPSA) is 52.9 Å². The van der Waals surface area contributed by atoms with E-state index in [9.17, 15) is 4.21 Å². The maximum Gasteiger partial charge on any atom is 0.101 e. The zero-order chi connectivity index (χ0) is 12.3. The van der Waals surface area contributed by atoms with E-state index >= 15 is 0 Å². The van der Waals surface area contributed by atoms with Gasteiger partial charge < -0.3 is 5.32 Å². The molecule has 1 saturated heterocycles. The summed E-state index contributed by atoms with van der Waals surface area (Å²) in [7, 11) is -0.635. The van der Waals surface area contributed by atoms with Gasteiger partial charge >= 0.3 is 0 Å². The summed E-state index contributed by atoms with van der Waals surface area (Å²) in [4.78, 5) is 0. The second-order valence-corrected chi connectivity index (χ2v) is 6.12. The van der Waals surface area contributed by atoms with E-state index in [0.717, 1.165) is 35.6 Å². The predicted octanol–water partition coefficient (Wildman–Crippen LogP) is 2.19. The van der Waals surface area contributed by atoms with Crippen LogP contribution >= 0.6 is 0 Å². The average Bonchev–Trinajstić information content (AvgIpc) is 2.32. The van der Waals surface area contributed by atoms with Gasteiger partial charge in [0.2, 0.25) is 0 Å². The molecule has 1 heterocycles. The number of nitrogens with zero attached hydrogens (tertiary/aromatic N) is 1. The Bertz CT molecular complexity index is 469. The van der Waals surface area contributed by atoms with Crippen LogP contribution in [0.3, 0.4) is 0 Å². The van der Waals surface area contributed by atoms with Gasteiger partial charge in [-0.15, -0.1) is 0 Å². The number of anilines is 1. The largest absolute Gasteiger partial charge is 0.381 e. The Morgan fingerprint density at radius 2 is 2.12 bits per heavy atom. The van der Waals surface area contributed by atoms with Gasteiger partial charge in [0.15, 0.2) is 0 Å². The molecular weight excluding hydrogens is 232 g/mol. The van der Waals surface area contributed by atoms with Crippen LogP contribution in [-0.2, 0) is 10.8 Å². The molecule has 1 aromatic carbocycles. The third-order valence-corrected chi connectivity index (χ3v) is 4.43. The lowest BCUT2D eigenvalue weighted by molar-refractivity contribution is 0.624. The lowest BCUT2D eigenvalue weighted by Crippen LogP contribution is -2.29. The van der Waals surface area contributed by atoms with Crippen LogP contribution in [0.5, 0.6) is 0 Å². The van der Waals surface area contributed by atoms with E-state index in [1.165, 1.54) is 0 Å². The SMILES string of the molecule is Cc1ccc(C#N)c(NC2CCS(=O)CC2)c1. The molecule has 0 aliphatic carbocycles. The molecule has 0 aromatic heterocycles. The molecule has 17 heavy (non-hydrogen) atoms. The van der Waals surface area contributed by atoms with E-state index in [-0.39, 0.29) is 0 Å². The van der Waals surface area contributed by atoms with Crippen molar-refractivity contribution in [2.45, 2.75) is 25.8 Å². The van der Waals surface area contributed by atoms with Gasteiger partial charge in [-0.05, 0) is 37.5 Å². The molecule has 0 unspecified atom stereocenters. The molecular formula is C13H16N2OS. The quantitative estimate of drug-likeness (QED) is 0.873. The number of benzene rings is 1. The van der Waals surface area contributed by atoms with Gasteiger partial charge in [0, 0.05) is 28.3 Å². The van der Waals surface area contributed by atoms with Gasteiger partial charge in [-0.2, -0.15) is 5.26 Å². The minimum atomic E-state index is -0.635. The Morgan fingerprint density at radius 3 is 2.76 bits per heavy atom. The first kappa shape index (κ1) is 12.1. The Balaban J connectivity index is 2.10. The molecule has 3 nitrogen and oxygen atoms in total. The summed E-state index contributed by atoms with van der Waals surface area (Å²) < 4.78 is 11.3. The van der Waals surface area contributed by atoms with Crippen LogP contribution in [-0.4, -0.2) is 21.8 Å². The zero-order valence-corrected chi connectivity index (χ0v) is 10.7. The van der Waals surface area contributed by atoms with Gasteiger partial charge in [0.25, 0.3) is 0 Å². The van der Waals surface area contributed by atoms with Crippen molar-refractivity contribution in [1.29, 1.82) is 5.26 Å². The molecule has 90 valence electrons. The van der Waals surface area contributed by atoms with Crippen molar-refractivity contribution < 1.29 is 4.21 Å². The minimum absolute atomic E-state index is 0.349. The van der Waals surface area contributed by atoms with Gasteiger partial charge in [-0.1, -0.05) is 6.07 Å². The summed E-state index contributed by atoms with van der Waals surface area (Å²) in [6.45, 7) is 2.02. The number of hydrogen-bond acceptors (Lipinski definition) is 3. The first-order valence-electron chi connectivity index (χ1n) is 5.81. The fraction of sp³-hybridized carbons (Fsp3) is 0.462. The van der Waals surface area contributed by atoms with E-state index < -0.39 is 10.8 Å². The number of aryl methyl sites for hydroxylation is 1. The number of rotatable bonds is 2. The maximum absolute atomic E-state index is 11.3. The molecule has 0 radical (unpaired) electrons. The Morgan fingerprint density at radius 1 is 1.41 bits per heavy atom. The third-order valence-electron chi connectivity index (χ3n) is 3.04. The van der Waals surface area contributed by atoms with Crippen LogP contribution in [0, 0.1) is 18.3 Å². The van der Waals surface area contributed by atoms with Gasteiger partial charge in [0.05, 0.1) is 11.3 Å². The first-order chi connectivity index (χ1) is 8.19. The van der Waals surface area contributed by atoms with Crippen LogP contribution < -0.4 is 5.32 Å². The molecule has 0 atom stereocenters. The minimum Gasteiger partial charge on any atom is -0.381 e. The monoisotopic (exact) mass is 248 g/mol. The zero-order valence-electron chi connectivity index (χ0n) is 9.90. The smallest absolute Gasteiger partial charge is 0.101 e. The van der Waals surface area contributed by atoms with Crippen LogP contribution in [0.2, 0.25) is 0 Å². The fourth-order valence-corrected chi connectivity index (χ4v) is 3.33. The van der Waals surface area contributed by atoms with Crippen molar-refractivity contribution in [3.05, 3.63) is 29.3 Å². The van der Waals surface area contributed by atoms with Crippen LogP contribution in [0.15, 0.2) is 18.2 Å². The first-order valence-corrected chi connectivity index (χ1v) is 7.30. The molecule has 1 aliphatic heterocycles. The molecule has 0 amide bonds. The second-order valence-electron chi connectivity index (χ2n) is 4.43. The van der Waals surface area contributed by atoms with Crippen molar-refractivity contribution in [1.82, 2.24) is 0 Å². The summed E-state index contributed by atoms with van der Waals surface area (Å²) in [5, 5.41) is 12.4. The highest BCUT2D eigenvalue weighted by molar-refractivity contribution is 7.85. The van der Waals surface area contributed by atoms with Crippen molar-refractivity contribution in [2.24, 2.45) is 0 Å². The summed E-state index contributed by atoms with van der Waals surface area (Å²) in [6.07, 6.45) is 1.84. The third kappa shape index (κ3) is 3.07. The number of nitriles is 1. The summed E-state index contributed by atoms with van der Waals surface area (Å²) in [5.41, 5.74) is 2.73. The standard InChI is InChI=1S/C13H16N2OS/c1-10-2-3-11(9-14)13(8-10)15-12-4-6-17(16)7-5-12/h2-3,8,12,15H,4-7H2,1H3. The van der Waals surface area contributed by atoms with E-state index in [1.807, 2.05) is 25.1 Å². The van der Waals surface area contributed by atoms with Crippen molar-refractivity contribution >= 4 is 16.5 Å². The molecule has 4 heteroatoms. The molecule has 1 fully saturated rings. The molecule has 1 aromatic rings. The highest BCUT2D eigenvalue weighted by Crippen LogP contribution is 2.21. The number of nitrogens with one attached hydrogen (secondary N) is 1. The molecule has 1 N–H and O–H groups in total. The van der Waals surface area contributed by atoms with Crippen molar-refractivity contribution in [3.8, 4) is 6.07 Å². The van der Waals surface area contributed by atoms with E-state index in [4.69, 9.17) is 5.26 Å². The van der Waals surface area contributed by atoms with Crippen LogP contribution in [0.1, 0.15) is 24.0 Å². The second kappa shape index (κ2) is 5.33. The Labute approximate surface area is 104 Å². The van der Waals surface area contributed by atoms with Crippen molar-refractivity contribution in [3.63, 3.8) is 0 Å². The molecule has 1 aliphatic rings. The average molecular weight is 248 g/mol. The molecule has 2 rings (SSSR count). The lowest BCUT2D eigenvalue weighted by Gasteiger charge is -2.24. The van der Waals surface area contributed by atoms with Crippen molar-refractivity contribution in [2.75, 3.05) is 16.8 Å². The van der Waals surface area contributed by atoms with Gasteiger partial charge in [0.1, 0.15) is 6.07 Å². The van der Waals surface area contributed by atoms with E-state index in [0.29, 0.717) is 11.6 Å². The predicted molar refractivity (Wildman–Crippen MR) is 70.4 cm³/mol. The molecule has 0 saturated carbocycles. The lowest BCUT2D eigenvalue weighted by atomic mass is 10.1. The summed E-state index contributed by atoms with van der Waals surface area (Å²) in [6, 6.07) is 8.34. The molecule has 0 bridgehead atoms. The van der Waals surface area contributed by atoms with Crippen LogP contribution in [0.25, 0.3) is 0 Å². The van der Waals surface area contributed by atoms with E-state index in [2.05, 4.69) is 11.4 Å². The van der Waals surface area contributed by atoms with E-state index in [1.54, 1.807) is 0 Å². The van der Waals surface area contributed by atoms with Gasteiger partial charge in [-0.3, -0.25) is 4.21 Å². The fourth-order valence-electron chi connectivity index (χ4n) is 2.03. The number of hydrogen-bond donors (Lipinski definition) is 1. The normalized spacial score (nSPS) is 24.0. The summed E-state index contributed by atoms with van der Waals surface area (Å²) >= 11 is 0. The Kier molecular flexibility index (Phi) is 3.80. The highest BCUT2D eigenvalue weighted by Gasteiger charge is 2.18. The highest BCUT2D eigenvalue weighted by atomic mass is 32.2.